The number of aliphatic carboxylic acids is 1. The quantitative estimate of drug-likeness (QED) is 0.474. The fraction of sp³-hybridized carbons (Fsp3) is 0.600. The molecule has 1 heterocycles. The van der Waals surface area contributed by atoms with Crippen molar-refractivity contribution in [1.29, 1.82) is 0 Å². The van der Waals surface area contributed by atoms with Gasteiger partial charge in [0.1, 0.15) is 5.54 Å². The van der Waals surface area contributed by atoms with Gasteiger partial charge in [-0.05, 0) is 13.3 Å². The number of rotatable bonds is 5. The van der Waals surface area contributed by atoms with Crippen LogP contribution < -0.4 is 16.9 Å². The molecule has 9 heteroatoms. The highest BCUT2D eigenvalue weighted by atomic mass is 32.2. The van der Waals surface area contributed by atoms with Gasteiger partial charge in [0.2, 0.25) is 0 Å². The molecule has 0 aliphatic rings. The maximum Gasteiger partial charge on any atom is 0.339 e. The summed E-state index contributed by atoms with van der Waals surface area (Å²) in [7, 11) is 1.54. The molecule has 0 spiro atoms. The van der Waals surface area contributed by atoms with Crippen molar-refractivity contribution in [2.45, 2.75) is 36.2 Å². The SMILES string of the molecule is CC(CC(C)(N)C(=O)O)Sc1nc(=O)c(=O)[nH]n1C. The molecular formula is C10H16N4O4S. The van der Waals surface area contributed by atoms with Gasteiger partial charge in [0, 0.05) is 12.3 Å². The summed E-state index contributed by atoms with van der Waals surface area (Å²) in [6.45, 7) is 3.20. The zero-order valence-electron chi connectivity index (χ0n) is 10.8. The van der Waals surface area contributed by atoms with Gasteiger partial charge >= 0.3 is 17.1 Å². The van der Waals surface area contributed by atoms with E-state index >= 15 is 0 Å². The van der Waals surface area contributed by atoms with E-state index in [1.807, 2.05) is 0 Å². The van der Waals surface area contributed by atoms with Crippen LogP contribution >= 0.6 is 11.8 Å². The van der Waals surface area contributed by atoms with E-state index in [2.05, 4.69) is 10.1 Å². The average Bonchev–Trinajstić information content (AvgIpc) is 2.24. The molecule has 0 radical (unpaired) electrons. The van der Waals surface area contributed by atoms with Crippen LogP contribution in [0, 0.1) is 0 Å². The molecule has 0 saturated heterocycles. The number of aryl methyl sites for hydroxylation is 1. The standard InChI is InChI=1S/C10H16N4O4S/c1-5(4-10(2,11)8(17)18)19-9-12-6(15)7(16)13-14(9)3/h5H,4,11H2,1-3H3,(H,13,16)(H,17,18). The average molecular weight is 288 g/mol. The fourth-order valence-electron chi connectivity index (χ4n) is 1.47. The topological polar surface area (TPSA) is 131 Å². The van der Waals surface area contributed by atoms with E-state index in [0.29, 0.717) is 5.16 Å². The molecule has 0 bridgehead atoms. The monoisotopic (exact) mass is 288 g/mol. The van der Waals surface area contributed by atoms with Crippen molar-refractivity contribution in [3.05, 3.63) is 20.7 Å². The number of carbonyl (C=O) groups is 1. The molecule has 106 valence electrons. The summed E-state index contributed by atoms with van der Waals surface area (Å²) in [6, 6.07) is 0. The van der Waals surface area contributed by atoms with Crippen molar-refractivity contribution in [1.82, 2.24) is 14.8 Å². The number of aromatic nitrogens is 3. The number of aromatic amines is 1. The van der Waals surface area contributed by atoms with Gasteiger partial charge in [0.25, 0.3) is 0 Å². The maximum absolute atomic E-state index is 11.2. The summed E-state index contributed by atoms with van der Waals surface area (Å²) >= 11 is 1.18. The number of H-pyrrole nitrogens is 1. The molecule has 1 aromatic rings. The van der Waals surface area contributed by atoms with Crippen molar-refractivity contribution in [2.24, 2.45) is 12.8 Å². The Kier molecular flexibility index (Phi) is 4.53. The molecule has 2 atom stereocenters. The summed E-state index contributed by atoms with van der Waals surface area (Å²) in [4.78, 5) is 36.8. The molecule has 4 N–H and O–H groups in total. The zero-order valence-corrected chi connectivity index (χ0v) is 11.7. The zero-order chi connectivity index (χ0) is 14.8. The molecule has 2 unspecified atom stereocenters. The van der Waals surface area contributed by atoms with Gasteiger partial charge < -0.3 is 10.8 Å². The minimum Gasteiger partial charge on any atom is -0.480 e. The van der Waals surface area contributed by atoms with Crippen molar-refractivity contribution in [2.75, 3.05) is 0 Å². The third-order valence-corrected chi connectivity index (χ3v) is 3.60. The van der Waals surface area contributed by atoms with Gasteiger partial charge in [-0.3, -0.25) is 24.2 Å². The first kappa shape index (κ1) is 15.4. The second-order valence-electron chi connectivity index (χ2n) is 4.55. The first-order valence-electron chi connectivity index (χ1n) is 5.50. The van der Waals surface area contributed by atoms with Gasteiger partial charge in [-0.25, -0.2) is 0 Å². The van der Waals surface area contributed by atoms with E-state index in [0.717, 1.165) is 0 Å². The van der Waals surface area contributed by atoms with Crippen LogP contribution in [0.3, 0.4) is 0 Å². The third kappa shape index (κ3) is 3.93. The summed E-state index contributed by atoms with van der Waals surface area (Å²) < 4.78 is 1.32. The highest BCUT2D eigenvalue weighted by Gasteiger charge is 2.30. The van der Waals surface area contributed by atoms with Crippen molar-refractivity contribution >= 4 is 17.7 Å². The molecule has 0 fully saturated rings. The van der Waals surface area contributed by atoms with Crippen LogP contribution in [0.15, 0.2) is 14.7 Å². The van der Waals surface area contributed by atoms with Crippen LogP contribution in [0.5, 0.6) is 0 Å². The lowest BCUT2D eigenvalue weighted by atomic mass is 9.98. The number of carboxylic acids is 1. The lowest BCUT2D eigenvalue weighted by Crippen LogP contribution is -2.46. The van der Waals surface area contributed by atoms with Crippen LogP contribution in [0.1, 0.15) is 20.3 Å². The van der Waals surface area contributed by atoms with Gasteiger partial charge in [-0.15, -0.1) is 0 Å². The van der Waals surface area contributed by atoms with Crippen LogP contribution in [-0.2, 0) is 11.8 Å². The van der Waals surface area contributed by atoms with Crippen molar-refractivity contribution < 1.29 is 9.90 Å². The third-order valence-electron chi connectivity index (χ3n) is 2.45. The molecule has 0 aromatic carbocycles. The largest absolute Gasteiger partial charge is 0.480 e. The lowest BCUT2D eigenvalue weighted by molar-refractivity contribution is -0.142. The Hall–Kier alpha value is -1.61. The number of hydrogen-bond donors (Lipinski definition) is 3. The van der Waals surface area contributed by atoms with E-state index in [1.54, 1.807) is 14.0 Å². The Morgan fingerprint density at radius 2 is 2.21 bits per heavy atom. The maximum atomic E-state index is 11.2. The molecule has 0 aliphatic heterocycles. The number of carboxylic acid groups (broad SMARTS) is 1. The van der Waals surface area contributed by atoms with Crippen molar-refractivity contribution in [3.63, 3.8) is 0 Å². The second kappa shape index (κ2) is 5.57. The van der Waals surface area contributed by atoms with E-state index < -0.39 is 22.6 Å². The lowest BCUT2D eigenvalue weighted by Gasteiger charge is -2.23. The summed E-state index contributed by atoms with van der Waals surface area (Å²) in [5.74, 6) is -1.09. The van der Waals surface area contributed by atoms with Gasteiger partial charge in [0.05, 0.1) is 0 Å². The second-order valence-corrected chi connectivity index (χ2v) is 5.96. The first-order chi connectivity index (χ1) is 8.63. The molecule has 0 saturated carbocycles. The van der Waals surface area contributed by atoms with Gasteiger partial charge in [-0.1, -0.05) is 18.7 Å². The first-order valence-corrected chi connectivity index (χ1v) is 6.37. The van der Waals surface area contributed by atoms with E-state index in [9.17, 15) is 14.4 Å². The Morgan fingerprint density at radius 3 is 2.74 bits per heavy atom. The predicted octanol–water partition coefficient (Wildman–Crippen LogP) is -0.859. The molecule has 19 heavy (non-hydrogen) atoms. The highest BCUT2D eigenvalue weighted by molar-refractivity contribution is 7.99. The predicted molar refractivity (Wildman–Crippen MR) is 70.3 cm³/mol. The van der Waals surface area contributed by atoms with E-state index in [-0.39, 0.29) is 11.7 Å². The number of hydrogen-bond acceptors (Lipinski definition) is 6. The summed E-state index contributed by atoms with van der Waals surface area (Å²) in [5, 5.41) is 11.4. The number of nitrogens with zero attached hydrogens (tertiary/aromatic N) is 2. The van der Waals surface area contributed by atoms with Gasteiger partial charge in [0.15, 0.2) is 5.16 Å². The summed E-state index contributed by atoms with van der Waals surface area (Å²) in [5.41, 5.74) is 2.62. The fourth-order valence-corrected chi connectivity index (χ4v) is 2.60. The minimum absolute atomic E-state index is 0.185. The molecule has 1 aromatic heterocycles. The van der Waals surface area contributed by atoms with E-state index in [4.69, 9.17) is 10.8 Å². The molecule has 0 aliphatic carbocycles. The van der Waals surface area contributed by atoms with Crippen molar-refractivity contribution in [3.8, 4) is 0 Å². The van der Waals surface area contributed by atoms with Crippen LogP contribution in [0.2, 0.25) is 0 Å². The van der Waals surface area contributed by atoms with Crippen LogP contribution in [0.4, 0.5) is 0 Å². The Labute approximate surface area is 113 Å². The summed E-state index contributed by atoms with van der Waals surface area (Å²) in [6.07, 6.45) is 0.196. The van der Waals surface area contributed by atoms with Gasteiger partial charge in [-0.2, -0.15) is 4.98 Å². The number of nitrogens with one attached hydrogen (secondary N) is 1. The number of nitrogens with two attached hydrogens (primary N) is 1. The highest BCUT2D eigenvalue weighted by Crippen LogP contribution is 2.25. The molecular weight excluding hydrogens is 272 g/mol. The molecule has 1 rings (SSSR count). The normalized spacial score (nSPS) is 15.8. The molecule has 0 amide bonds. The molecule has 8 nitrogen and oxygen atoms in total. The Morgan fingerprint density at radius 1 is 1.63 bits per heavy atom. The minimum atomic E-state index is -1.35. The number of thioether (sulfide) groups is 1. The van der Waals surface area contributed by atoms with E-state index in [1.165, 1.54) is 23.4 Å². The Balaban J connectivity index is 2.86. The van der Waals surface area contributed by atoms with Crippen LogP contribution in [-0.4, -0.2) is 36.6 Å². The smallest absolute Gasteiger partial charge is 0.339 e. The Bertz CT molecular complexity index is 592. The van der Waals surface area contributed by atoms with Crippen LogP contribution in [0.25, 0.3) is 0 Å².